The van der Waals surface area contributed by atoms with Crippen molar-refractivity contribution in [3.63, 3.8) is 0 Å². The molecule has 1 aliphatic heterocycles. The number of carbonyl (C=O) groups excluding carboxylic acids is 4. The van der Waals surface area contributed by atoms with Gasteiger partial charge in [0.25, 0.3) is 0 Å². The molecule has 1 aromatic rings. The van der Waals surface area contributed by atoms with Gasteiger partial charge in [0, 0.05) is 30.8 Å². The summed E-state index contributed by atoms with van der Waals surface area (Å²) in [5.74, 6) is -0.744. The van der Waals surface area contributed by atoms with Crippen molar-refractivity contribution in [3.05, 3.63) is 35.9 Å². The molecule has 1 saturated carbocycles. The zero-order valence-electron chi connectivity index (χ0n) is 25.0. The largest absolute Gasteiger partial charge is 0.379 e. The Morgan fingerprint density at radius 3 is 2.08 bits per heavy atom. The van der Waals surface area contributed by atoms with Crippen molar-refractivity contribution in [2.75, 3.05) is 32.8 Å². The fourth-order valence-corrected chi connectivity index (χ4v) is 5.33. The molecule has 0 aromatic heterocycles. The predicted octanol–water partition coefficient (Wildman–Crippen LogP) is 3.57. The molecule has 3 rings (SSSR count). The molecule has 8 nitrogen and oxygen atoms in total. The van der Waals surface area contributed by atoms with Crippen molar-refractivity contribution >= 4 is 23.4 Å². The molecular weight excluding hydrogens is 506 g/mol. The van der Waals surface area contributed by atoms with Crippen LogP contribution in [0.5, 0.6) is 0 Å². The van der Waals surface area contributed by atoms with E-state index in [4.69, 9.17) is 4.74 Å². The van der Waals surface area contributed by atoms with Crippen LogP contribution in [0.25, 0.3) is 0 Å². The molecule has 2 amide bonds. The first kappa shape index (κ1) is 31.9. The summed E-state index contributed by atoms with van der Waals surface area (Å²) >= 11 is 0. The Bertz CT molecular complexity index is 999. The topological polar surface area (TPSA) is 105 Å². The molecule has 2 fully saturated rings. The minimum absolute atomic E-state index is 0.00416. The molecule has 3 atom stereocenters. The Kier molecular flexibility index (Phi) is 11.9. The highest BCUT2D eigenvalue weighted by Crippen LogP contribution is 2.47. The molecular formula is C32H49N3O5. The Balaban J connectivity index is 1.74. The van der Waals surface area contributed by atoms with Crippen LogP contribution in [0.1, 0.15) is 72.3 Å². The van der Waals surface area contributed by atoms with Crippen LogP contribution in [0.4, 0.5) is 0 Å². The first-order valence-corrected chi connectivity index (χ1v) is 15.0. The lowest BCUT2D eigenvalue weighted by atomic mass is 9.87. The van der Waals surface area contributed by atoms with E-state index in [-0.39, 0.29) is 53.6 Å². The molecule has 0 bridgehead atoms. The van der Waals surface area contributed by atoms with Crippen LogP contribution >= 0.6 is 0 Å². The standard InChI is InChI=1S/C32H49N3O5/c1-22(2)17-26(33-29(37)21-35-13-15-40-16-14-35)28(36)20-25(19-24-9-7-6-8-10-24)31(39)34-27(18-23(3)4)30(38)32(5)11-12-32/h6-10,22-23,25-27H,11-21H2,1-5H3,(H,33,37)(H,34,39)/t25-,26+,27+/m1/s1. The summed E-state index contributed by atoms with van der Waals surface area (Å²) in [7, 11) is 0. The van der Waals surface area contributed by atoms with Crippen molar-refractivity contribution in [2.24, 2.45) is 23.2 Å². The van der Waals surface area contributed by atoms with Crippen molar-refractivity contribution in [1.82, 2.24) is 15.5 Å². The van der Waals surface area contributed by atoms with Crippen LogP contribution in [-0.2, 0) is 30.3 Å². The van der Waals surface area contributed by atoms with E-state index >= 15 is 0 Å². The third-order valence-electron chi connectivity index (χ3n) is 7.98. The maximum atomic E-state index is 13.7. The van der Waals surface area contributed by atoms with Gasteiger partial charge in [-0.25, -0.2) is 0 Å². The highest BCUT2D eigenvalue weighted by Gasteiger charge is 2.48. The van der Waals surface area contributed by atoms with Crippen molar-refractivity contribution in [2.45, 2.75) is 85.2 Å². The van der Waals surface area contributed by atoms with E-state index in [1.165, 1.54) is 0 Å². The molecule has 2 aliphatic rings. The van der Waals surface area contributed by atoms with Crippen LogP contribution in [0.2, 0.25) is 0 Å². The number of benzene rings is 1. The van der Waals surface area contributed by atoms with Gasteiger partial charge >= 0.3 is 0 Å². The highest BCUT2D eigenvalue weighted by atomic mass is 16.5. The maximum absolute atomic E-state index is 13.7. The van der Waals surface area contributed by atoms with Gasteiger partial charge in [-0.3, -0.25) is 24.1 Å². The maximum Gasteiger partial charge on any atom is 0.234 e. The SMILES string of the molecule is CC(C)C[C@H](NC(=O)CN1CCOCC1)C(=O)C[C@@H](Cc1ccccc1)C(=O)N[C@@H](CC(C)C)C(=O)C1(C)CC1. The minimum atomic E-state index is -0.668. The number of amides is 2. The lowest BCUT2D eigenvalue weighted by Crippen LogP contribution is -2.50. The van der Waals surface area contributed by atoms with Gasteiger partial charge in [-0.15, -0.1) is 0 Å². The zero-order valence-corrected chi connectivity index (χ0v) is 25.0. The Morgan fingerprint density at radius 1 is 0.900 bits per heavy atom. The van der Waals surface area contributed by atoms with Crippen molar-refractivity contribution in [1.29, 1.82) is 0 Å². The molecule has 222 valence electrons. The van der Waals surface area contributed by atoms with Gasteiger partial charge < -0.3 is 15.4 Å². The summed E-state index contributed by atoms with van der Waals surface area (Å²) in [6.07, 6.45) is 3.15. The minimum Gasteiger partial charge on any atom is -0.379 e. The molecule has 8 heteroatoms. The van der Waals surface area contributed by atoms with E-state index in [1.54, 1.807) is 0 Å². The van der Waals surface area contributed by atoms with Gasteiger partial charge in [0.2, 0.25) is 11.8 Å². The van der Waals surface area contributed by atoms with Gasteiger partial charge in [0.15, 0.2) is 11.6 Å². The Morgan fingerprint density at radius 2 is 1.50 bits per heavy atom. The van der Waals surface area contributed by atoms with Gasteiger partial charge in [-0.05, 0) is 49.5 Å². The second kappa shape index (κ2) is 14.9. The number of nitrogens with zero attached hydrogens (tertiary/aromatic N) is 1. The number of ketones is 2. The summed E-state index contributed by atoms with van der Waals surface area (Å²) in [6, 6.07) is 8.41. The van der Waals surface area contributed by atoms with Gasteiger partial charge in [-0.1, -0.05) is 65.0 Å². The molecule has 0 radical (unpaired) electrons. The summed E-state index contributed by atoms with van der Waals surface area (Å²) in [5, 5.41) is 6.01. The normalized spacial score (nSPS) is 19.1. The van der Waals surface area contributed by atoms with Crippen LogP contribution in [-0.4, -0.2) is 73.2 Å². The molecule has 1 aromatic carbocycles. The predicted molar refractivity (Wildman–Crippen MR) is 156 cm³/mol. The third-order valence-corrected chi connectivity index (χ3v) is 7.98. The lowest BCUT2D eigenvalue weighted by molar-refractivity contribution is -0.135. The molecule has 0 unspecified atom stereocenters. The zero-order chi connectivity index (χ0) is 29.3. The van der Waals surface area contributed by atoms with Crippen LogP contribution in [0.3, 0.4) is 0 Å². The number of carbonyl (C=O) groups is 4. The highest BCUT2D eigenvalue weighted by molar-refractivity contribution is 5.97. The first-order valence-electron chi connectivity index (χ1n) is 15.0. The van der Waals surface area contributed by atoms with E-state index in [9.17, 15) is 19.2 Å². The quantitative estimate of drug-likeness (QED) is 0.323. The second-order valence-electron chi connectivity index (χ2n) is 12.8. The number of morpholine rings is 1. The summed E-state index contributed by atoms with van der Waals surface area (Å²) < 4.78 is 5.37. The molecule has 2 N–H and O–H groups in total. The molecule has 1 saturated heterocycles. The number of Topliss-reactive ketones (excluding diaryl/α,β-unsaturated/α-hetero) is 2. The number of rotatable bonds is 16. The van der Waals surface area contributed by atoms with E-state index in [0.717, 1.165) is 18.4 Å². The van der Waals surface area contributed by atoms with Gasteiger partial charge in [0.05, 0.1) is 31.8 Å². The first-order chi connectivity index (χ1) is 19.0. The number of nitrogens with one attached hydrogen (secondary N) is 2. The van der Waals surface area contributed by atoms with Crippen molar-refractivity contribution in [3.8, 4) is 0 Å². The van der Waals surface area contributed by atoms with Gasteiger partial charge in [-0.2, -0.15) is 0 Å². The number of ether oxygens (including phenoxy) is 1. The average Bonchev–Trinajstić information content (AvgIpc) is 3.66. The average molecular weight is 556 g/mol. The van der Waals surface area contributed by atoms with Crippen molar-refractivity contribution < 1.29 is 23.9 Å². The lowest BCUT2D eigenvalue weighted by Gasteiger charge is -2.28. The molecule has 0 spiro atoms. The molecule has 40 heavy (non-hydrogen) atoms. The Hall–Kier alpha value is -2.58. The summed E-state index contributed by atoms with van der Waals surface area (Å²) in [6.45, 7) is 12.9. The number of hydrogen-bond acceptors (Lipinski definition) is 6. The van der Waals surface area contributed by atoms with Crippen LogP contribution in [0, 0.1) is 23.2 Å². The third kappa shape index (κ3) is 10.1. The fraction of sp³-hybridized carbons (Fsp3) is 0.688. The van der Waals surface area contributed by atoms with E-state index < -0.39 is 18.0 Å². The van der Waals surface area contributed by atoms with Crippen LogP contribution < -0.4 is 10.6 Å². The monoisotopic (exact) mass is 555 g/mol. The Labute approximate surface area is 240 Å². The molecule has 1 heterocycles. The number of hydrogen-bond donors (Lipinski definition) is 2. The van der Waals surface area contributed by atoms with Gasteiger partial charge in [0.1, 0.15) is 0 Å². The summed E-state index contributed by atoms with van der Waals surface area (Å²) in [5.41, 5.74) is 0.596. The molecule has 1 aliphatic carbocycles. The van der Waals surface area contributed by atoms with E-state index in [1.807, 2.05) is 69.9 Å². The fourth-order valence-electron chi connectivity index (χ4n) is 5.33. The second-order valence-corrected chi connectivity index (χ2v) is 12.8. The van der Waals surface area contributed by atoms with E-state index in [2.05, 4.69) is 10.6 Å². The van der Waals surface area contributed by atoms with E-state index in [0.29, 0.717) is 45.6 Å². The smallest absolute Gasteiger partial charge is 0.234 e. The van der Waals surface area contributed by atoms with Crippen LogP contribution in [0.15, 0.2) is 30.3 Å². The summed E-state index contributed by atoms with van der Waals surface area (Å²) in [4.78, 5) is 55.6.